The molecule has 1 aliphatic heterocycles. The molecule has 2 unspecified atom stereocenters. The number of rotatable bonds is 4. The summed E-state index contributed by atoms with van der Waals surface area (Å²) in [6.45, 7) is 2.21. The van der Waals surface area contributed by atoms with Crippen molar-refractivity contribution in [2.24, 2.45) is 5.92 Å². The molecule has 0 amide bonds. The van der Waals surface area contributed by atoms with Crippen LogP contribution in [-0.4, -0.2) is 35.2 Å². The molecule has 1 heterocycles. The largest absolute Gasteiger partial charge is 0.479 e. The molecule has 1 aromatic carbocycles. The van der Waals surface area contributed by atoms with Crippen LogP contribution in [0.15, 0.2) is 30.3 Å². The number of carboxylic acids is 1. The maximum atomic E-state index is 13.5. The zero-order chi connectivity index (χ0) is 13.0. The van der Waals surface area contributed by atoms with Crippen molar-refractivity contribution in [3.63, 3.8) is 0 Å². The average molecular weight is 251 g/mol. The van der Waals surface area contributed by atoms with E-state index in [9.17, 15) is 9.18 Å². The lowest BCUT2D eigenvalue weighted by atomic mass is 9.93. The third-order valence-electron chi connectivity index (χ3n) is 3.44. The standard InChI is InChI=1S/C14H18FNO2/c15-13(14(17)18)12-7-4-8-16(10-12)9-11-5-2-1-3-6-11/h1-3,5-6,12-13H,4,7-10H2,(H,17,18). The van der Waals surface area contributed by atoms with Gasteiger partial charge in [-0.25, -0.2) is 9.18 Å². The maximum absolute atomic E-state index is 13.5. The number of piperidine rings is 1. The highest BCUT2D eigenvalue weighted by molar-refractivity contribution is 5.72. The molecule has 3 nitrogen and oxygen atoms in total. The molecule has 1 saturated heterocycles. The van der Waals surface area contributed by atoms with Crippen molar-refractivity contribution < 1.29 is 14.3 Å². The second-order valence-electron chi connectivity index (χ2n) is 4.86. The molecule has 0 saturated carbocycles. The number of likely N-dealkylation sites (tertiary alicyclic amines) is 1. The quantitative estimate of drug-likeness (QED) is 0.892. The molecule has 1 N–H and O–H groups in total. The summed E-state index contributed by atoms with van der Waals surface area (Å²) in [5.41, 5.74) is 1.18. The Morgan fingerprint density at radius 2 is 2.17 bits per heavy atom. The SMILES string of the molecule is O=C(O)C(F)C1CCCN(Cc2ccccc2)C1. The molecule has 2 rings (SSSR count). The van der Waals surface area contributed by atoms with Crippen molar-refractivity contribution in [3.8, 4) is 0 Å². The molecule has 0 aliphatic carbocycles. The van der Waals surface area contributed by atoms with Crippen LogP contribution >= 0.6 is 0 Å². The van der Waals surface area contributed by atoms with Gasteiger partial charge in [0.1, 0.15) is 0 Å². The van der Waals surface area contributed by atoms with Crippen molar-refractivity contribution in [2.45, 2.75) is 25.6 Å². The van der Waals surface area contributed by atoms with Gasteiger partial charge >= 0.3 is 5.97 Å². The summed E-state index contributed by atoms with van der Waals surface area (Å²) >= 11 is 0. The second-order valence-corrected chi connectivity index (χ2v) is 4.86. The summed E-state index contributed by atoms with van der Waals surface area (Å²) in [5, 5.41) is 8.72. The van der Waals surface area contributed by atoms with Crippen molar-refractivity contribution in [2.75, 3.05) is 13.1 Å². The summed E-state index contributed by atoms with van der Waals surface area (Å²) < 4.78 is 13.5. The Hall–Kier alpha value is -1.42. The molecular weight excluding hydrogens is 233 g/mol. The number of nitrogens with zero attached hydrogens (tertiary/aromatic N) is 1. The first-order valence-corrected chi connectivity index (χ1v) is 6.30. The van der Waals surface area contributed by atoms with Gasteiger partial charge in [-0.1, -0.05) is 30.3 Å². The predicted octanol–water partition coefficient (Wildman–Crippen LogP) is 2.32. The van der Waals surface area contributed by atoms with Gasteiger partial charge in [-0.05, 0) is 24.9 Å². The molecule has 4 heteroatoms. The number of halogens is 1. The lowest BCUT2D eigenvalue weighted by Gasteiger charge is -2.33. The van der Waals surface area contributed by atoms with Gasteiger partial charge in [0.15, 0.2) is 0 Å². The minimum Gasteiger partial charge on any atom is -0.479 e. The highest BCUT2D eigenvalue weighted by atomic mass is 19.1. The highest BCUT2D eigenvalue weighted by Gasteiger charge is 2.31. The Kier molecular flexibility index (Phi) is 4.31. The van der Waals surface area contributed by atoms with Gasteiger partial charge < -0.3 is 5.11 Å². The van der Waals surface area contributed by atoms with Gasteiger partial charge in [0.05, 0.1) is 0 Å². The predicted molar refractivity (Wildman–Crippen MR) is 67.0 cm³/mol. The van der Waals surface area contributed by atoms with Crippen LogP contribution in [0.1, 0.15) is 18.4 Å². The van der Waals surface area contributed by atoms with E-state index < -0.39 is 12.1 Å². The third kappa shape index (κ3) is 3.29. The molecule has 2 atom stereocenters. The van der Waals surface area contributed by atoms with E-state index in [1.807, 2.05) is 30.3 Å². The van der Waals surface area contributed by atoms with E-state index in [0.29, 0.717) is 13.0 Å². The smallest absolute Gasteiger partial charge is 0.338 e. The number of aliphatic carboxylic acids is 1. The van der Waals surface area contributed by atoms with Gasteiger partial charge in [0, 0.05) is 19.0 Å². The zero-order valence-electron chi connectivity index (χ0n) is 10.3. The van der Waals surface area contributed by atoms with Gasteiger partial charge in [-0.15, -0.1) is 0 Å². The van der Waals surface area contributed by atoms with E-state index >= 15 is 0 Å². The normalized spacial score (nSPS) is 22.6. The van der Waals surface area contributed by atoms with E-state index in [1.165, 1.54) is 5.56 Å². The van der Waals surface area contributed by atoms with Gasteiger partial charge in [0.2, 0.25) is 6.17 Å². The fraction of sp³-hybridized carbons (Fsp3) is 0.500. The monoisotopic (exact) mass is 251 g/mol. The Balaban J connectivity index is 1.93. The number of benzene rings is 1. The van der Waals surface area contributed by atoms with E-state index in [2.05, 4.69) is 4.90 Å². The summed E-state index contributed by atoms with van der Waals surface area (Å²) in [6.07, 6.45) is -0.201. The maximum Gasteiger partial charge on any atom is 0.338 e. The number of hydrogen-bond acceptors (Lipinski definition) is 2. The molecule has 0 spiro atoms. The van der Waals surface area contributed by atoms with Crippen LogP contribution in [0.4, 0.5) is 4.39 Å². The Morgan fingerprint density at radius 1 is 1.44 bits per heavy atom. The first kappa shape index (κ1) is 13.0. The number of hydrogen-bond donors (Lipinski definition) is 1. The first-order chi connectivity index (χ1) is 8.66. The molecule has 0 radical (unpaired) electrons. The van der Waals surface area contributed by atoms with E-state index in [1.54, 1.807) is 0 Å². The van der Waals surface area contributed by atoms with Gasteiger partial charge in [-0.2, -0.15) is 0 Å². The molecule has 98 valence electrons. The van der Waals surface area contributed by atoms with Crippen LogP contribution in [-0.2, 0) is 11.3 Å². The van der Waals surface area contributed by atoms with E-state index in [4.69, 9.17) is 5.11 Å². The molecule has 18 heavy (non-hydrogen) atoms. The van der Waals surface area contributed by atoms with Crippen LogP contribution in [0.5, 0.6) is 0 Å². The summed E-state index contributed by atoms with van der Waals surface area (Å²) in [7, 11) is 0. The van der Waals surface area contributed by atoms with Crippen molar-refractivity contribution >= 4 is 5.97 Å². The summed E-state index contributed by atoms with van der Waals surface area (Å²) in [4.78, 5) is 12.8. The summed E-state index contributed by atoms with van der Waals surface area (Å²) in [5.74, 6) is -1.71. The van der Waals surface area contributed by atoms with E-state index in [0.717, 1.165) is 19.5 Å². The average Bonchev–Trinajstić information content (AvgIpc) is 2.39. The van der Waals surface area contributed by atoms with Gasteiger partial charge in [-0.3, -0.25) is 4.90 Å². The number of carbonyl (C=O) groups is 1. The fourth-order valence-electron chi connectivity index (χ4n) is 2.52. The van der Waals surface area contributed by atoms with Crippen molar-refractivity contribution in [1.82, 2.24) is 4.90 Å². The molecular formula is C14H18FNO2. The van der Waals surface area contributed by atoms with Crippen LogP contribution in [0.3, 0.4) is 0 Å². The van der Waals surface area contributed by atoms with Crippen LogP contribution < -0.4 is 0 Å². The second kappa shape index (κ2) is 5.96. The minimum atomic E-state index is -1.73. The molecule has 1 fully saturated rings. The molecule has 0 bridgehead atoms. The Bertz CT molecular complexity index is 396. The topological polar surface area (TPSA) is 40.5 Å². The van der Waals surface area contributed by atoms with Gasteiger partial charge in [0.25, 0.3) is 0 Å². The van der Waals surface area contributed by atoms with Crippen molar-refractivity contribution in [1.29, 1.82) is 0 Å². The lowest BCUT2D eigenvalue weighted by Crippen LogP contribution is -2.41. The number of alkyl halides is 1. The van der Waals surface area contributed by atoms with E-state index in [-0.39, 0.29) is 5.92 Å². The Morgan fingerprint density at radius 3 is 2.83 bits per heavy atom. The zero-order valence-corrected chi connectivity index (χ0v) is 10.3. The fourth-order valence-corrected chi connectivity index (χ4v) is 2.52. The Labute approximate surface area is 106 Å². The molecule has 1 aliphatic rings. The minimum absolute atomic E-state index is 0.375. The lowest BCUT2D eigenvalue weighted by molar-refractivity contribution is -0.145. The first-order valence-electron chi connectivity index (χ1n) is 6.30. The number of carboxylic acid groups (broad SMARTS) is 1. The molecule has 1 aromatic rings. The van der Waals surface area contributed by atoms with Crippen LogP contribution in [0.2, 0.25) is 0 Å². The molecule has 0 aromatic heterocycles. The van der Waals surface area contributed by atoms with Crippen LogP contribution in [0.25, 0.3) is 0 Å². The summed E-state index contributed by atoms with van der Waals surface area (Å²) in [6, 6.07) is 9.99. The van der Waals surface area contributed by atoms with Crippen molar-refractivity contribution in [3.05, 3.63) is 35.9 Å². The third-order valence-corrected chi connectivity index (χ3v) is 3.44. The van der Waals surface area contributed by atoms with Crippen LogP contribution in [0, 0.1) is 5.92 Å². The highest BCUT2D eigenvalue weighted by Crippen LogP contribution is 2.23.